The highest BCUT2D eigenvalue weighted by Crippen LogP contribution is 2.42. The SMILES string of the molecule is Cn1cnnc1CC1(c2cccc(N3Cc4c(cc(/C=C5\CN(C(=O)OCc6ccccc6)CCC5=O)cc4C(F)(F)F)C3=O)c2)COC1. The summed E-state index contributed by atoms with van der Waals surface area (Å²) in [5, 5.41) is 8.16. The molecule has 2 amide bonds. The number of ether oxygens (including phenoxy) is 2. The van der Waals surface area contributed by atoms with E-state index >= 15 is 0 Å². The summed E-state index contributed by atoms with van der Waals surface area (Å²) in [7, 11) is 1.85. The van der Waals surface area contributed by atoms with Gasteiger partial charge in [-0.3, -0.25) is 9.59 Å². The minimum Gasteiger partial charge on any atom is -0.445 e. The molecule has 7 rings (SSSR count). The van der Waals surface area contributed by atoms with Gasteiger partial charge in [-0.05, 0) is 52.6 Å². The Morgan fingerprint density at radius 3 is 2.53 bits per heavy atom. The highest BCUT2D eigenvalue weighted by Gasteiger charge is 2.43. The fraction of sp³-hybridized carbons (Fsp3) is 0.306. The Morgan fingerprint density at radius 1 is 1.04 bits per heavy atom. The topological polar surface area (TPSA) is 107 Å². The van der Waals surface area contributed by atoms with Gasteiger partial charge in [0.2, 0.25) is 0 Å². The second-order valence-corrected chi connectivity index (χ2v) is 12.6. The van der Waals surface area contributed by atoms with Gasteiger partial charge in [0, 0.05) is 48.7 Å². The number of carbonyl (C=O) groups is 3. The van der Waals surface area contributed by atoms with Crippen LogP contribution in [0.5, 0.6) is 0 Å². The van der Waals surface area contributed by atoms with Crippen molar-refractivity contribution in [3.05, 3.63) is 118 Å². The first-order valence-corrected chi connectivity index (χ1v) is 15.8. The molecule has 4 heterocycles. The van der Waals surface area contributed by atoms with Crippen LogP contribution in [-0.4, -0.2) is 63.8 Å². The maximum absolute atomic E-state index is 14.5. The van der Waals surface area contributed by atoms with Crippen LogP contribution in [0, 0.1) is 0 Å². The smallest absolute Gasteiger partial charge is 0.416 e. The molecule has 0 saturated carbocycles. The second-order valence-electron chi connectivity index (χ2n) is 12.6. The lowest BCUT2D eigenvalue weighted by atomic mass is 9.75. The van der Waals surface area contributed by atoms with Crippen molar-refractivity contribution >= 4 is 29.5 Å². The molecule has 2 fully saturated rings. The first-order valence-electron chi connectivity index (χ1n) is 15.8. The fourth-order valence-electron chi connectivity index (χ4n) is 6.53. The summed E-state index contributed by atoms with van der Waals surface area (Å²) in [5.41, 5.74) is 0.752. The zero-order valence-electron chi connectivity index (χ0n) is 26.6. The van der Waals surface area contributed by atoms with Crippen LogP contribution < -0.4 is 4.90 Å². The Labute approximate surface area is 279 Å². The highest BCUT2D eigenvalue weighted by atomic mass is 19.4. The number of aromatic nitrogens is 3. The summed E-state index contributed by atoms with van der Waals surface area (Å²) >= 11 is 0. The van der Waals surface area contributed by atoms with Gasteiger partial charge in [-0.2, -0.15) is 13.2 Å². The Balaban J connectivity index is 1.15. The monoisotopic (exact) mass is 671 g/mol. The molecule has 49 heavy (non-hydrogen) atoms. The quantitative estimate of drug-likeness (QED) is 0.239. The average molecular weight is 672 g/mol. The number of Topliss-reactive ketones (excluding diaryl/α,β-unsaturated/α-hetero) is 1. The van der Waals surface area contributed by atoms with Crippen molar-refractivity contribution in [3.63, 3.8) is 0 Å². The number of nitrogens with zero attached hydrogens (tertiary/aromatic N) is 5. The lowest BCUT2D eigenvalue weighted by Gasteiger charge is -2.42. The van der Waals surface area contributed by atoms with Gasteiger partial charge in [-0.1, -0.05) is 42.5 Å². The molecule has 1 aromatic heterocycles. The van der Waals surface area contributed by atoms with E-state index in [0.29, 0.717) is 25.3 Å². The Bertz CT molecular complexity index is 1970. The summed E-state index contributed by atoms with van der Waals surface area (Å²) in [6, 6.07) is 18.7. The van der Waals surface area contributed by atoms with Crippen LogP contribution in [0.1, 0.15) is 50.4 Å². The number of fused-ring (bicyclic) bond motifs is 1. The molecule has 0 spiro atoms. The molecule has 0 bridgehead atoms. The third-order valence-corrected chi connectivity index (χ3v) is 9.33. The van der Waals surface area contributed by atoms with Crippen LogP contribution in [0.3, 0.4) is 0 Å². The lowest BCUT2D eigenvalue weighted by molar-refractivity contribution is -0.138. The molecule has 13 heteroatoms. The summed E-state index contributed by atoms with van der Waals surface area (Å²) in [6.07, 6.45) is -1.91. The molecule has 0 N–H and O–H groups in total. The molecule has 10 nitrogen and oxygen atoms in total. The number of hydrogen-bond acceptors (Lipinski definition) is 7. The van der Waals surface area contributed by atoms with Crippen molar-refractivity contribution in [2.24, 2.45) is 7.05 Å². The van der Waals surface area contributed by atoms with E-state index in [1.165, 1.54) is 21.9 Å². The number of likely N-dealkylation sites (tertiary alicyclic amines) is 1. The number of alkyl halides is 3. The molecule has 2 saturated heterocycles. The van der Waals surface area contributed by atoms with Gasteiger partial charge in [-0.25, -0.2) is 4.79 Å². The summed E-state index contributed by atoms with van der Waals surface area (Å²) in [4.78, 5) is 42.1. The van der Waals surface area contributed by atoms with E-state index in [4.69, 9.17) is 9.47 Å². The van der Waals surface area contributed by atoms with Gasteiger partial charge in [-0.15, -0.1) is 10.2 Å². The number of ketones is 1. The molecule has 4 aromatic rings. The van der Waals surface area contributed by atoms with Crippen LogP contribution in [0.2, 0.25) is 0 Å². The fourth-order valence-corrected chi connectivity index (χ4v) is 6.53. The predicted molar refractivity (Wildman–Crippen MR) is 171 cm³/mol. The summed E-state index contributed by atoms with van der Waals surface area (Å²) in [5.74, 6) is -0.106. The molecule has 0 atom stereocenters. The number of anilines is 1. The van der Waals surface area contributed by atoms with E-state index in [2.05, 4.69) is 10.2 Å². The zero-order valence-corrected chi connectivity index (χ0v) is 26.6. The van der Waals surface area contributed by atoms with E-state index in [1.54, 1.807) is 18.5 Å². The van der Waals surface area contributed by atoms with Crippen molar-refractivity contribution in [1.29, 1.82) is 0 Å². The standard InChI is InChI=1S/C36H32F3N5O5/c1-42-22-40-41-32(42)16-35(20-48-21-35)26-8-5-9-27(15-26)44-18-29-28(33(44)46)13-24(14-30(29)36(37,38)39)12-25-17-43(11-10-31(25)45)34(47)49-19-23-6-3-2-4-7-23/h2-9,12-15,22H,10-11,16-21H2,1H3/b25-12+. The van der Waals surface area contributed by atoms with Crippen molar-refractivity contribution in [2.45, 2.75) is 37.6 Å². The van der Waals surface area contributed by atoms with Crippen molar-refractivity contribution in [1.82, 2.24) is 19.7 Å². The number of carbonyl (C=O) groups excluding carboxylic acids is 3. The summed E-state index contributed by atoms with van der Waals surface area (Å²) in [6.45, 7) is 0.623. The largest absolute Gasteiger partial charge is 0.445 e. The van der Waals surface area contributed by atoms with Gasteiger partial charge in [0.05, 0.1) is 31.9 Å². The van der Waals surface area contributed by atoms with Gasteiger partial charge in [0.15, 0.2) is 5.78 Å². The molecule has 0 aliphatic carbocycles. The first-order chi connectivity index (χ1) is 23.5. The van der Waals surface area contributed by atoms with Crippen molar-refractivity contribution < 1.29 is 37.0 Å². The highest BCUT2D eigenvalue weighted by molar-refractivity contribution is 6.11. The minimum atomic E-state index is -4.76. The Morgan fingerprint density at radius 2 is 1.84 bits per heavy atom. The number of rotatable bonds is 7. The van der Waals surface area contributed by atoms with Gasteiger partial charge in [0.1, 0.15) is 18.8 Å². The maximum atomic E-state index is 14.5. The number of benzene rings is 3. The predicted octanol–water partition coefficient (Wildman–Crippen LogP) is 5.50. The number of amides is 2. The van der Waals surface area contributed by atoms with E-state index in [0.717, 1.165) is 23.0 Å². The Kier molecular flexibility index (Phi) is 8.31. The van der Waals surface area contributed by atoms with Crippen LogP contribution in [0.15, 0.2) is 78.6 Å². The molecule has 0 unspecified atom stereocenters. The lowest BCUT2D eigenvalue weighted by Crippen LogP contribution is -2.49. The number of aryl methyl sites for hydroxylation is 1. The van der Waals surface area contributed by atoms with Gasteiger partial charge < -0.3 is 23.8 Å². The first kappa shape index (κ1) is 32.3. The third-order valence-electron chi connectivity index (χ3n) is 9.33. The zero-order chi connectivity index (χ0) is 34.3. The molecule has 252 valence electrons. The molecule has 3 aliphatic rings. The van der Waals surface area contributed by atoms with E-state index in [1.807, 2.05) is 54.1 Å². The van der Waals surface area contributed by atoms with Crippen LogP contribution in [-0.2, 0) is 52.5 Å². The second kappa shape index (κ2) is 12.6. The van der Waals surface area contributed by atoms with E-state index in [-0.39, 0.29) is 60.7 Å². The molecule has 0 radical (unpaired) electrons. The van der Waals surface area contributed by atoms with E-state index < -0.39 is 29.2 Å². The van der Waals surface area contributed by atoms with Gasteiger partial charge >= 0.3 is 12.3 Å². The number of piperidine rings is 1. The van der Waals surface area contributed by atoms with Crippen LogP contribution >= 0.6 is 0 Å². The van der Waals surface area contributed by atoms with Crippen molar-refractivity contribution in [2.75, 3.05) is 31.2 Å². The molecule has 3 aliphatic heterocycles. The van der Waals surface area contributed by atoms with Crippen molar-refractivity contribution in [3.8, 4) is 0 Å². The third kappa shape index (κ3) is 6.33. The average Bonchev–Trinajstić information content (AvgIpc) is 3.63. The number of halogens is 3. The molecular weight excluding hydrogens is 639 g/mol. The Hall–Kier alpha value is -5.30. The van der Waals surface area contributed by atoms with E-state index in [9.17, 15) is 27.6 Å². The maximum Gasteiger partial charge on any atom is 0.416 e. The van der Waals surface area contributed by atoms with Crippen LogP contribution in [0.25, 0.3) is 6.08 Å². The minimum absolute atomic E-state index is 0.00439. The molecule has 3 aromatic carbocycles. The summed E-state index contributed by atoms with van der Waals surface area (Å²) < 4.78 is 56.3. The van der Waals surface area contributed by atoms with Gasteiger partial charge in [0.25, 0.3) is 5.91 Å². The normalized spacial score (nSPS) is 18.1. The molecular formula is C36H32F3N5O5. The number of hydrogen-bond donors (Lipinski definition) is 0. The van der Waals surface area contributed by atoms with Crippen LogP contribution in [0.4, 0.5) is 23.7 Å².